The fraction of sp³-hybridized carbons (Fsp3) is 0.231. The highest BCUT2D eigenvalue weighted by molar-refractivity contribution is 5.36. The largest absolute Gasteiger partial charge is 0.318 e. The van der Waals surface area contributed by atoms with Crippen LogP contribution in [0.4, 0.5) is 4.39 Å². The van der Waals surface area contributed by atoms with Gasteiger partial charge < -0.3 is 5.73 Å². The van der Waals surface area contributed by atoms with Gasteiger partial charge >= 0.3 is 0 Å². The van der Waals surface area contributed by atoms with E-state index >= 15 is 0 Å². The molecule has 2 rings (SSSR count). The molecule has 0 radical (unpaired) electrons. The van der Waals surface area contributed by atoms with E-state index < -0.39 is 6.04 Å². The van der Waals surface area contributed by atoms with E-state index in [4.69, 9.17) is 5.73 Å². The number of rotatable bonds is 2. The Hall–Kier alpha value is -1.81. The monoisotopic (exact) mass is 231 g/mol. The lowest BCUT2D eigenvalue weighted by atomic mass is 9.98. The second-order valence-corrected chi connectivity index (χ2v) is 4.06. The van der Waals surface area contributed by atoms with Gasteiger partial charge in [0.1, 0.15) is 11.6 Å². The number of halogens is 1. The van der Waals surface area contributed by atoms with Crippen molar-refractivity contribution >= 4 is 0 Å². The van der Waals surface area contributed by atoms with Crippen molar-refractivity contribution in [1.29, 1.82) is 0 Å². The van der Waals surface area contributed by atoms with E-state index in [0.717, 1.165) is 11.1 Å². The Morgan fingerprint density at radius 3 is 2.41 bits per heavy atom. The number of hydrogen-bond acceptors (Lipinski definition) is 3. The van der Waals surface area contributed by atoms with Crippen LogP contribution in [0.5, 0.6) is 0 Å². The summed E-state index contributed by atoms with van der Waals surface area (Å²) in [6.45, 7) is 3.69. The highest BCUT2D eigenvalue weighted by Crippen LogP contribution is 2.24. The van der Waals surface area contributed by atoms with Gasteiger partial charge in [0.25, 0.3) is 0 Å². The SMILES string of the molecule is Cc1cc(C)c(C(N)c2ncccn2)c(F)c1. The van der Waals surface area contributed by atoms with Crippen molar-refractivity contribution in [3.05, 3.63) is 58.9 Å². The molecule has 1 aromatic heterocycles. The van der Waals surface area contributed by atoms with Crippen molar-refractivity contribution in [1.82, 2.24) is 9.97 Å². The molecule has 1 unspecified atom stereocenters. The lowest BCUT2D eigenvalue weighted by Crippen LogP contribution is -2.18. The number of nitrogens with two attached hydrogens (primary N) is 1. The van der Waals surface area contributed by atoms with Crippen LogP contribution in [0.25, 0.3) is 0 Å². The third kappa shape index (κ3) is 2.31. The third-order valence-corrected chi connectivity index (χ3v) is 2.66. The molecule has 0 spiro atoms. The molecule has 0 saturated carbocycles. The zero-order chi connectivity index (χ0) is 12.4. The molecule has 88 valence electrons. The van der Waals surface area contributed by atoms with E-state index in [2.05, 4.69) is 9.97 Å². The number of nitrogens with zero attached hydrogens (tertiary/aromatic N) is 2. The van der Waals surface area contributed by atoms with Gasteiger partial charge in [-0.15, -0.1) is 0 Å². The van der Waals surface area contributed by atoms with E-state index in [-0.39, 0.29) is 5.82 Å². The molecule has 0 aliphatic carbocycles. The minimum atomic E-state index is -0.628. The smallest absolute Gasteiger partial charge is 0.149 e. The third-order valence-electron chi connectivity index (χ3n) is 2.66. The van der Waals surface area contributed by atoms with Crippen molar-refractivity contribution in [2.24, 2.45) is 5.73 Å². The second kappa shape index (κ2) is 4.59. The maximum atomic E-state index is 13.9. The predicted octanol–water partition coefficient (Wildman–Crippen LogP) is 2.28. The van der Waals surface area contributed by atoms with Crippen LogP contribution in [0.2, 0.25) is 0 Å². The molecule has 0 aliphatic rings. The van der Waals surface area contributed by atoms with Crippen LogP contribution in [0.3, 0.4) is 0 Å². The van der Waals surface area contributed by atoms with E-state index in [1.165, 1.54) is 6.07 Å². The molecule has 2 N–H and O–H groups in total. The Balaban J connectivity index is 2.48. The molecule has 4 heteroatoms. The van der Waals surface area contributed by atoms with Crippen molar-refractivity contribution < 1.29 is 4.39 Å². The first-order valence-electron chi connectivity index (χ1n) is 5.38. The number of aryl methyl sites for hydroxylation is 2. The molecule has 0 aliphatic heterocycles. The zero-order valence-corrected chi connectivity index (χ0v) is 9.81. The molecule has 2 aromatic rings. The zero-order valence-electron chi connectivity index (χ0n) is 9.81. The number of hydrogen-bond donors (Lipinski definition) is 1. The highest BCUT2D eigenvalue weighted by Gasteiger charge is 2.18. The molecule has 0 amide bonds. The van der Waals surface area contributed by atoms with Crippen LogP contribution in [0.1, 0.15) is 28.6 Å². The van der Waals surface area contributed by atoms with Gasteiger partial charge in [0.05, 0.1) is 6.04 Å². The Kier molecular flexibility index (Phi) is 3.15. The normalized spacial score (nSPS) is 12.5. The summed E-state index contributed by atoms with van der Waals surface area (Å²) in [5.74, 6) is 0.126. The average Bonchev–Trinajstić information content (AvgIpc) is 2.28. The Labute approximate surface area is 99.5 Å². The first-order chi connectivity index (χ1) is 8.09. The van der Waals surface area contributed by atoms with Gasteiger partial charge in [0.2, 0.25) is 0 Å². The maximum absolute atomic E-state index is 13.9. The molecule has 1 atom stereocenters. The summed E-state index contributed by atoms with van der Waals surface area (Å²) in [5.41, 5.74) is 8.16. The first-order valence-corrected chi connectivity index (χ1v) is 5.38. The molecular weight excluding hydrogens is 217 g/mol. The van der Waals surface area contributed by atoms with E-state index in [9.17, 15) is 4.39 Å². The van der Waals surface area contributed by atoms with Gasteiger partial charge in [0, 0.05) is 18.0 Å². The lowest BCUT2D eigenvalue weighted by molar-refractivity contribution is 0.589. The molecule has 1 aromatic carbocycles. The fourth-order valence-corrected chi connectivity index (χ4v) is 1.92. The summed E-state index contributed by atoms with van der Waals surface area (Å²) < 4.78 is 13.9. The first kappa shape index (κ1) is 11.7. The van der Waals surface area contributed by atoms with Crippen molar-refractivity contribution in [3.8, 4) is 0 Å². The van der Waals surface area contributed by atoms with Crippen LogP contribution >= 0.6 is 0 Å². The lowest BCUT2D eigenvalue weighted by Gasteiger charge is -2.15. The highest BCUT2D eigenvalue weighted by atomic mass is 19.1. The minimum Gasteiger partial charge on any atom is -0.318 e. The Morgan fingerprint density at radius 1 is 1.18 bits per heavy atom. The molecule has 1 heterocycles. The minimum absolute atomic E-state index is 0.303. The van der Waals surface area contributed by atoms with Crippen LogP contribution in [-0.4, -0.2) is 9.97 Å². The molecular formula is C13H14FN3. The molecule has 0 saturated heterocycles. The second-order valence-electron chi connectivity index (χ2n) is 4.06. The van der Waals surface area contributed by atoms with Gasteiger partial charge in [-0.3, -0.25) is 0 Å². The van der Waals surface area contributed by atoms with E-state index in [0.29, 0.717) is 11.4 Å². The van der Waals surface area contributed by atoms with Crippen molar-refractivity contribution in [2.75, 3.05) is 0 Å². The van der Waals surface area contributed by atoms with Crippen LogP contribution in [-0.2, 0) is 0 Å². The maximum Gasteiger partial charge on any atom is 0.149 e. The van der Waals surface area contributed by atoms with Crippen LogP contribution in [0, 0.1) is 19.7 Å². The van der Waals surface area contributed by atoms with E-state index in [1.807, 2.05) is 19.9 Å². The molecule has 3 nitrogen and oxygen atoms in total. The van der Waals surface area contributed by atoms with Gasteiger partial charge in [-0.05, 0) is 37.1 Å². The summed E-state index contributed by atoms with van der Waals surface area (Å²) in [5, 5.41) is 0. The Morgan fingerprint density at radius 2 is 1.82 bits per heavy atom. The van der Waals surface area contributed by atoms with Crippen LogP contribution < -0.4 is 5.73 Å². The Bertz CT molecular complexity index is 502. The summed E-state index contributed by atoms with van der Waals surface area (Å²) >= 11 is 0. The summed E-state index contributed by atoms with van der Waals surface area (Å²) in [4.78, 5) is 8.11. The van der Waals surface area contributed by atoms with Crippen molar-refractivity contribution in [3.63, 3.8) is 0 Å². The molecule has 17 heavy (non-hydrogen) atoms. The van der Waals surface area contributed by atoms with Crippen molar-refractivity contribution in [2.45, 2.75) is 19.9 Å². The standard InChI is InChI=1S/C13H14FN3/c1-8-6-9(2)11(10(14)7-8)12(15)13-16-4-3-5-17-13/h3-7,12H,15H2,1-2H3. The van der Waals surface area contributed by atoms with Gasteiger partial charge in [0.15, 0.2) is 0 Å². The van der Waals surface area contributed by atoms with Crippen LogP contribution in [0.15, 0.2) is 30.6 Å². The fourth-order valence-electron chi connectivity index (χ4n) is 1.92. The molecule has 0 fully saturated rings. The topological polar surface area (TPSA) is 51.8 Å². The summed E-state index contributed by atoms with van der Waals surface area (Å²) in [6, 6.07) is 4.46. The summed E-state index contributed by atoms with van der Waals surface area (Å²) in [6.07, 6.45) is 3.20. The number of benzene rings is 1. The van der Waals surface area contributed by atoms with E-state index in [1.54, 1.807) is 18.5 Å². The average molecular weight is 231 g/mol. The van der Waals surface area contributed by atoms with Gasteiger partial charge in [-0.25, -0.2) is 14.4 Å². The summed E-state index contributed by atoms with van der Waals surface area (Å²) in [7, 11) is 0. The quantitative estimate of drug-likeness (QED) is 0.862. The number of aromatic nitrogens is 2. The van der Waals surface area contributed by atoms with Gasteiger partial charge in [-0.2, -0.15) is 0 Å². The van der Waals surface area contributed by atoms with Gasteiger partial charge in [-0.1, -0.05) is 6.07 Å². The predicted molar refractivity (Wildman–Crippen MR) is 63.9 cm³/mol. The molecule has 0 bridgehead atoms.